The maximum absolute atomic E-state index is 12.5. The molecule has 4 rings (SSSR count). The average molecular weight is 431 g/mol. The highest BCUT2D eigenvalue weighted by Gasteiger charge is 2.67. The molecule has 166 valence electrons. The molecular weight excluding hydrogens is 406 g/mol. The van der Waals surface area contributed by atoms with Gasteiger partial charge in [-0.2, -0.15) is 0 Å². The zero-order valence-corrected chi connectivity index (χ0v) is 17.4. The summed E-state index contributed by atoms with van der Waals surface area (Å²) in [5.41, 5.74) is -2.83. The highest BCUT2D eigenvalue weighted by Crippen LogP contribution is 2.62. The number of fused-ring (bicyclic) bond motifs is 3. The molecule has 0 unspecified atom stereocenters. The molecule has 1 aromatic carbocycles. The Morgan fingerprint density at radius 3 is 2.61 bits per heavy atom. The van der Waals surface area contributed by atoms with E-state index in [4.69, 9.17) is 9.47 Å². The van der Waals surface area contributed by atoms with Crippen LogP contribution in [0.3, 0.4) is 0 Å². The summed E-state index contributed by atoms with van der Waals surface area (Å²) in [5, 5.41) is 33.2. The first-order chi connectivity index (χ1) is 14.5. The van der Waals surface area contributed by atoms with E-state index >= 15 is 0 Å². The first-order valence-corrected chi connectivity index (χ1v) is 10.2. The second-order valence-corrected chi connectivity index (χ2v) is 9.29. The summed E-state index contributed by atoms with van der Waals surface area (Å²) >= 11 is 0. The first kappa shape index (κ1) is 21.5. The minimum Gasteiger partial charge on any atom is -0.462 e. The fourth-order valence-corrected chi connectivity index (χ4v) is 5.83. The number of cyclic esters (lactones) is 1. The van der Waals surface area contributed by atoms with Gasteiger partial charge in [0, 0.05) is 28.9 Å². The predicted molar refractivity (Wildman–Crippen MR) is 107 cm³/mol. The van der Waals surface area contributed by atoms with E-state index in [9.17, 15) is 29.9 Å². The van der Waals surface area contributed by atoms with Gasteiger partial charge < -0.3 is 19.7 Å². The zero-order chi connectivity index (χ0) is 22.6. The molecule has 2 fully saturated rings. The van der Waals surface area contributed by atoms with E-state index in [1.54, 1.807) is 0 Å². The normalized spacial score (nSPS) is 36.6. The standard InChI is InChI=1S/C22H25NO8/c1-20(11-30-18(25)13-4-6-14(7-5-13)23(28)29)8-3-9-21(2)17(20)16(24)10-15-19(26)31-12-22(15,21)27/h4-7,10,16-17,24,27H,3,8-9,11-12H2,1-2H3/t16-,17+,20-,21+,22-/m1/s1. The quantitative estimate of drug-likeness (QED) is 0.420. The molecule has 0 spiro atoms. The van der Waals surface area contributed by atoms with Gasteiger partial charge >= 0.3 is 11.9 Å². The van der Waals surface area contributed by atoms with Crippen LogP contribution in [-0.2, 0) is 14.3 Å². The van der Waals surface area contributed by atoms with Crippen LogP contribution in [0.5, 0.6) is 0 Å². The molecule has 1 saturated heterocycles. The summed E-state index contributed by atoms with van der Waals surface area (Å²) in [7, 11) is 0. The lowest BCUT2D eigenvalue weighted by Crippen LogP contribution is -2.64. The van der Waals surface area contributed by atoms with Crippen LogP contribution in [-0.4, -0.2) is 52.0 Å². The number of rotatable bonds is 4. The highest BCUT2D eigenvalue weighted by atomic mass is 16.6. The molecule has 1 aliphatic heterocycles. The Balaban J connectivity index is 1.57. The van der Waals surface area contributed by atoms with E-state index in [2.05, 4.69) is 0 Å². The molecule has 3 aliphatic rings. The van der Waals surface area contributed by atoms with Crippen molar-refractivity contribution in [3.63, 3.8) is 0 Å². The minimum atomic E-state index is -1.50. The van der Waals surface area contributed by atoms with Gasteiger partial charge in [0.25, 0.3) is 5.69 Å². The van der Waals surface area contributed by atoms with Gasteiger partial charge in [0.15, 0.2) is 0 Å². The number of carbonyl (C=O) groups is 2. The summed E-state index contributed by atoms with van der Waals surface area (Å²) in [5.74, 6) is -1.71. The largest absolute Gasteiger partial charge is 0.462 e. The molecule has 0 amide bonds. The van der Waals surface area contributed by atoms with Crippen molar-refractivity contribution in [1.29, 1.82) is 0 Å². The van der Waals surface area contributed by atoms with Crippen LogP contribution in [0.4, 0.5) is 5.69 Å². The molecular formula is C22H25NO8. The van der Waals surface area contributed by atoms with E-state index in [0.29, 0.717) is 12.8 Å². The molecule has 2 aliphatic carbocycles. The Hall–Kier alpha value is -2.78. The summed E-state index contributed by atoms with van der Waals surface area (Å²) in [6.07, 6.45) is 2.34. The van der Waals surface area contributed by atoms with Gasteiger partial charge in [-0.15, -0.1) is 0 Å². The fraction of sp³-hybridized carbons (Fsp3) is 0.545. The summed E-state index contributed by atoms with van der Waals surface area (Å²) in [6, 6.07) is 5.14. The Morgan fingerprint density at radius 2 is 1.97 bits per heavy atom. The molecule has 1 heterocycles. The third kappa shape index (κ3) is 3.14. The zero-order valence-electron chi connectivity index (χ0n) is 17.4. The molecule has 0 radical (unpaired) electrons. The van der Waals surface area contributed by atoms with Crippen molar-refractivity contribution in [2.45, 2.75) is 44.8 Å². The van der Waals surface area contributed by atoms with Gasteiger partial charge in [0.05, 0.1) is 28.8 Å². The van der Waals surface area contributed by atoms with Gasteiger partial charge in [-0.05, 0) is 31.1 Å². The maximum atomic E-state index is 12.5. The van der Waals surface area contributed by atoms with E-state index in [-0.39, 0.29) is 30.0 Å². The first-order valence-electron chi connectivity index (χ1n) is 10.2. The third-order valence-electron chi connectivity index (χ3n) is 7.43. The van der Waals surface area contributed by atoms with Crippen LogP contribution < -0.4 is 0 Å². The third-order valence-corrected chi connectivity index (χ3v) is 7.43. The summed E-state index contributed by atoms with van der Waals surface area (Å²) in [4.78, 5) is 34.9. The Bertz CT molecular complexity index is 972. The second kappa shape index (κ2) is 7.13. The Labute approximate surface area is 178 Å². The van der Waals surface area contributed by atoms with Crippen molar-refractivity contribution in [2.24, 2.45) is 16.7 Å². The van der Waals surface area contributed by atoms with E-state index < -0.39 is 45.3 Å². The lowest BCUT2D eigenvalue weighted by Gasteiger charge is -2.59. The van der Waals surface area contributed by atoms with Crippen LogP contribution in [0.15, 0.2) is 35.9 Å². The van der Waals surface area contributed by atoms with Gasteiger partial charge in [-0.25, -0.2) is 9.59 Å². The number of aliphatic hydroxyl groups is 2. The fourth-order valence-electron chi connectivity index (χ4n) is 5.83. The SMILES string of the molecule is C[C@]1(COC(=O)c2ccc([N+](=O)[O-])cc2)CCC[C@@]2(C)[C@H]1[C@H](O)C=C1C(=O)OC[C@@]12O. The van der Waals surface area contributed by atoms with E-state index in [1.807, 2.05) is 13.8 Å². The summed E-state index contributed by atoms with van der Waals surface area (Å²) < 4.78 is 10.7. The number of nitro benzene ring substituents is 1. The number of aliphatic hydroxyl groups excluding tert-OH is 1. The number of ether oxygens (including phenoxy) is 2. The van der Waals surface area contributed by atoms with Gasteiger partial charge in [0.2, 0.25) is 0 Å². The number of esters is 2. The van der Waals surface area contributed by atoms with Crippen LogP contribution in [0, 0.1) is 26.9 Å². The number of nitrogens with zero attached hydrogens (tertiary/aromatic N) is 1. The molecule has 0 bridgehead atoms. The van der Waals surface area contributed by atoms with Crippen molar-refractivity contribution in [2.75, 3.05) is 13.2 Å². The van der Waals surface area contributed by atoms with Crippen molar-refractivity contribution < 1.29 is 34.2 Å². The number of hydrogen-bond donors (Lipinski definition) is 2. The average Bonchev–Trinajstić information content (AvgIpc) is 3.02. The number of hydrogen-bond acceptors (Lipinski definition) is 8. The van der Waals surface area contributed by atoms with Crippen LogP contribution >= 0.6 is 0 Å². The molecule has 0 aromatic heterocycles. The number of carbonyl (C=O) groups excluding carboxylic acids is 2. The molecule has 9 nitrogen and oxygen atoms in total. The summed E-state index contributed by atoms with van der Waals surface area (Å²) in [6.45, 7) is 3.59. The lowest BCUT2D eigenvalue weighted by molar-refractivity contribution is -0.384. The van der Waals surface area contributed by atoms with Gasteiger partial charge in [-0.3, -0.25) is 10.1 Å². The molecule has 31 heavy (non-hydrogen) atoms. The van der Waals surface area contributed by atoms with Crippen molar-refractivity contribution in [1.82, 2.24) is 0 Å². The van der Waals surface area contributed by atoms with Crippen molar-refractivity contribution >= 4 is 17.6 Å². The minimum absolute atomic E-state index is 0.00576. The number of non-ortho nitro benzene ring substituents is 1. The molecule has 1 aromatic rings. The highest BCUT2D eigenvalue weighted by molar-refractivity contribution is 5.94. The van der Waals surface area contributed by atoms with Crippen molar-refractivity contribution in [3.8, 4) is 0 Å². The van der Waals surface area contributed by atoms with Crippen LogP contribution in [0.25, 0.3) is 0 Å². The van der Waals surface area contributed by atoms with Gasteiger partial charge in [0.1, 0.15) is 12.2 Å². The number of nitro groups is 1. The predicted octanol–water partition coefficient (Wildman–Crippen LogP) is 2.15. The maximum Gasteiger partial charge on any atom is 0.338 e. The Kier molecular flexibility index (Phi) is 4.94. The molecule has 2 N–H and O–H groups in total. The van der Waals surface area contributed by atoms with E-state index in [1.165, 1.54) is 30.3 Å². The van der Waals surface area contributed by atoms with Crippen molar-refractivity contribution in [3.05, 3.63) is 51.6 Å². The monoisotopic (exact) mass is 431 g/mol. The molecule has 9 heteroatoms. The smallest absolute Gasteiger partial charge is 0.338 e. The van der Waals surface area contributed by atoms with Crippen LogP contribution in [0.1, 0.15) is 43.5 Å². The Morgan fingerprint density at radius 1 is 1.29 bits per heavy atom. The van der Waals surface area contributed by atoms with Gasteiger partial charge in [-0.1, -0.05) is 20.3 Å². The molecule has 1 saturated carbocycles. The lowest BCUT2D eigenvalue weighted by atomic mass is 9.46. The molecule has 5 atom stereocenters. The number of benzene rings is 1. The second-order valence-electron chi connectivity index (χ2n) is 9.29. The van der Waals surface area contributed by atoms with E-state index in [0.717, 1.165) is 6.42 Å². The topological polar surface area (TPSA) is 136 Å². The van der Waals surface area contributed by atoms with Crippen LogP contribution in [0.2, 0.25) is 0 Å².